The highest BCUT2D eigenvalue weighted by Crippen LogP contribution is 2.14. The highest BCUT2D eigenvalue weighted by Gasteiger charge is 1.91. The number of nitrogens with zero attached hydrogens (tertiary/aromatic N) is 1. The average Bonchev–Trinajstić information content (AvgIpc) is 2.41. The van der Waals surface area contributed by atoms with Gasteiger partial charge in [0.2, 0.25) is 0 Å². The van der Waals surface area contributed by atoms with Crippen LogP contribution in [0.5, 0.6) is 5.06 Å². The number of hydrogen-bond donors (Lipinski definition) is 0. The molecule has 1 aromatic rings. The first-order chi connectivity index (χ1) is 4.93. The van der Waals surface area contributed by atoms with E-state index in [1.54, 1.807) is 6.20 Å². The van der Waals surface area contributed by atoms with E-state index in [0.717, 1.165) is 18.1 Å². The summed E-state index contributed by atoms with van der Waals surface area (Å²) in [4.78, 5) is 0. The van der Waals surface area contributed by atoms with Crippen molar-refractivity contribution < 1.29 is 4.74 Å². The van der Waals surface area contributed by atoms with Gasteiger partial charge in [0.25, 0.3) is 0 Å². The first kappa shape index (κ1) is 7.54. The lowest BCUT2D eigenvalue weighted by molar-refractivity contribution is 0.318. The van der Waals surface area contributed by atoms with E-state index >= 15 is 0 Å². The zero-order chi connectivity index (χ0) is 7.23. The van der Waals surface area contributed by atoms with Gasteiger partial charge in [0.05, 0.1) is 6.61 Å². The van der Waals surface area contributed by atoms with Gasteiger partial charge < -0.3 is 4.74 Å². The van der Waals surface area contributed by atoms with Gasteiger partial charge in [-0.1, -0.05) is 13.3 Å². The van der Waals surface area contributed by atoms with E-state index in [1.165, 1.54) is 18.0 Å². The lowest BCUT2D eigenvalue weighted by Gasteiger charge is -1.98. The van der Waals surface area contributed by atoms with E-state index in [9.17, 15) is 0 Å². The maximum atomic E-state index is 5.34. The Hall–Kier alpha value is -0.570. The smallest absolute Gasteiger partial charge is 0.193 e. The van der Waals surface area contributed by atoms with E-state index in [1.807, 2.05) is 6.07 Å². The molecular weight excluding hydrogens is 146 g/mol. The fourth-order valence-corrected chi connectivity index (χ4v) is 1.08. The molecule has 0 radical (unpaired) electrons. The Bertz CT molecular complexity index is 162. The molecule has 0 aliphatic rings. The number of hydrogen-bond acceptors (Lipinski definition) is 3. The minimum absolute atomic E-state index is 0.818. The molecule has 0 aliphatic heterocycles. The van der Waals surface area contributed by atoms with Gasteiger partial charge in [0.15, 0.2) is 5.06 Å². The Morgan fingerprint density at radius 3 is 3.20 bits per heavy atom. The van der Waals surface area contributed by atoms with Gasteiger partial charge in [-0.2, -0.15) is 4.37 Å². The van der Waals surface area contributed by atoms with Crippen molar-refractivity contribution in [3.05, 3.63) is 12.3 Å². The quantitative estimate of drug-likeness (QED) is 0.626. The molecule has 0 amide bonds. The molecule has 0 unspecified atom stereocenters. The van der Waals surface area contributed by atoms with Gasteiger partial charge in [0.1, 0.15) is 0 Å². The first-order valence-corrected chi connectivity index (χ1v) is 4.24. The predicted octanol–water partition coefficient (Wildman–Crippen LogP) is 2.32. The minimum atomic E-state index is 0.818. The van der Waals surface area contributed by atoms with E-state index in [0.29, 0.717) is 0 Å². The molecule has 0 aromatic carbocycles. The zero-order valence-corrected chi connectivity index (χ0v) is 6.86. The molecule has 1 heterocycles. The topological polar surface area (TPSA) is 22.1 Å². The van der Waals surface area contributed by atoms with E-state index < -0.39 is 0 Å². The van der Waals surface area contributed by atoms with Crippen LogP contribution in [-0.2, 0) is 0 Å². The summed E-state index contributed by atoms with van der Waals surface area (Å²) in [5, 5.41) is 0.924. The van der Waals surface area contributed by atoms with E-state index in [-0.39, 0.29) is 0 Å². The van der Waals surface area contributed by atoms with Gasteiger partial charge >= 0.3 is 0 Å². The van der Waals surface area contributed by atoms with Gasteiger partial charge in [-0.25, -0.2) is 0 Å². The molecule has 2 nitrogen and oxygen atoms in total. The molecule has 0 saturated heterocycles. The van der Waals surface area contributed by atoms with Crippen LogP contribution in [0.4, 0.5) is 0 Å². The summed E-state index contributed by atoms with van der Waals surface area (Å²) in [5.74, 6) is 0. The summed E-state index contributed by atoms with van der Waals surface area (Å²) in [6, 6.07) is 1.89. The largest absolute Gasteiger partial charge is 0.483 e. The molecule has 0 saturated carbocycles. The minimum Gasteiger partial charge on any atom is -0.483 e. The molecule has 0 atom stereocenters. The van der Waals surface area contributed by atoms with Crippen LogP contribution in [0.25, 0.3) is 0 Å². The Kier molecular flexibility index (Phi) is 3.22. The highest BCUT2D eigenvalue weighted by atomic mass is 32.1. The van der Waals surface area contributed by atoms with Crippen molar-refractivity contribution in [3.8, 4) is 5.06 Å². The van der Waals surface area contributed by atoms with Gasteiger partial charge in [0, 0.05) is 23.8 Å². The summed E-state index contributed by atoms with van der Waals surface area (Å²) in [6.45, 7) is 2.97. The standard InChI is InChI=1S/C7H11NOS/c1-2-3-6-9-7-4-5-8-10-7/h4-5H,2-3,6H2,1H3. The zero-order valence-electron chi connectivity index (χ0n) is 6.04. The third kappa shape index (κ3) is 2.35. The molecule has 0 aliphatic carbocycles. The fraction of sp³-hybridized carbons (Fsp3) is 0.571. The second-order valence-corrected chi connectivity index (χ2v) is 2.83. The summed E-state index contributed by atoms with van der Waals surface area (Å²) >= 11 is 1.40. The van der Waals surface area contributed by atoms with Crippen LogP contribution in [0.3, 0.4) is 0 Å². The summed E-state index contributed by atoms with van der Waals surface area (Å²) in [7, 11) is 0. The van der Waals surface area contributed by atoms with Crippen molar-refractivity contribution in [1.82, 2.24) is 4.37 Å². The number of rotatable bonds is 4. The van der Waals surface area contributed by atoms with Crippen LogP contribution < -0.4 is 4.74 Å². The van der Waals surface area contributed by atoms with Crippen molar-refractivity contribution in [3.63, 3.8) is 0 Å². The second kappa shape index (κ2) is 4.28. The Morgan fingerprint density at radius 1 is 1.70 bits per heavy atom. The Labute approximate surface area is 65.0 Å². The maximum Gasteiger partial charge on any atom is 0.193 e. The second-order valence-electron chi connectivity index (χ2n) is 2.03. The van der Waals surface area contributed by atoms with Crippen LogP contribution in [0.15, 0.2) is 12.3 Å². The van der Waals surface area contributed by atoms with Crippen LogP contribution in [0, 0.1) is 0 Å². The predicted molar refractivity (Wildman–Crippen MR) is 42.5 cm³/mol. The van der Waals surface area contributed by atoms with Crippen LogP contribution in [0.2, 0.25) is 0 Å². The van der Waals surface area contributed by atoms with Crippen molar-refractivity contribution in [2.75, 3.05) is 6.61 Å². The molecule has 0 fully saturated rings. The van der Waals surface area contributed by atoms with Crippen LogP contribution in [0.1, 0.15) is 19.8 Å². The molecule has 10 heavy (non-hydrogen) atoms. The SMILES string of the molecule is CCCCOc1ccns1. The normalized spacial score (nSPS) is 9.70. The molecular formula is C7H11NOS. The summed E-state index contributed by atoms with van der Waals surface area (Å²) in [6.07, 6.45) is 4.06. The lowest BCUT2D eigenvalue weighted by Crippen LogP contribution is -1.93. The monoisotopic (exact) mass is 157 g/mol. The van der Waals surface area contributed by atoms with Crippen molar-refractivity contribution >= 4 is 11.5 Å². The number of ether oxygens (including phenoxy) is 1. The highest BCUT2D eigenvalue weighted by molar-refractivity contribution is 7.07. The van der Waals surface area contributed by atoms with Crippen molar-refractivity contribution in [2.45, 2.75) is 19.8 Å². The average molecular weight is 157 g/mol. The molecule has 1 aromatic heterocycles. The third-order valence-corrected chi connectivity index (χ3v) is 1.82. The molecule has 1 rings (SSSR count). The molecule has 3 heteroatoms. The first-order valence-electron chi connectivity index (χ1n) is 3.47. The van der Waals surface area contributed by atoms with Gasteiger partial charge in [-0.3, -0.25) is 0 Å². The summed E-state index contributed by atoms with van der Waals surface area (Å²) in [5.41, 5.74) is 0. The Morgan fingerprint density at radius 2 is 2.60 bits per heavy atom. The Balaban J connectivity index is 2.15. The summed E-state index contributed by atoms with van der Waals surface area (Å²) < 4.78 is 9.26. The van der Waals surface area contributed by atoms with E-state index in [2.05, 4.69) is 11.3 Å². The molecule has 0 bridgehead atoms. The van der Waals surface area contributed by atoms with Crippen LogP contribution in [-0.4, -0.2) is 11.0 Å². The van der Waals surface area contributed by atoms with Gasteiger partial charge in [-0.05, 0) is 6.42 Å². The maximum absolute atomic E-state index is 5.34. The molecule has 0 spiro atoms. The lowest BCUT2D eigenvalue weighted by atomic mass is 10.4. The third-order valence-electron chi connectivity index (χ3n) is 1.16. The van der Waals surface area contributed by atoms with Crippen molar-refractivity contribution in [2.24, 2.45) is 0 Å². The molecule has 0 N–H and O–H groups in total. The number of unbranched alkanes of at least 4 members (excludes halogenated alkanes) is 1. The molecule has 56 valence electrons. The van der Waals surface area contributed by atoms with Crippen LogP contribution >= 0.6 is 11.5 Å². The van der Waals surface area contributed by atoms with Gasteiger partial charge in [-0.15, -0.1) is 0 Å². The fourth-order valence-electron chi connectivity index (χ4n) is 0.596. The van der Waals surface area contributed by atoms with E-state index in [4.69, 9.17) is 4.74 Å². The van der Waals surface area contributed by atoms with Crippen molar-refractivity contribution in [1.29, 1.82) is 0 Å². The number of aromatic nitrogens is 1.